The van der Waals surface area contributed by atoms with Crippen LogP contribution in [0.25, 0.3) is 0 Å². The van der Waals surface area contributed by atoms with Gasteiger partial charge in [-0.15, -0.1) is 0 Å². The molecule has 0 radical (unpaired) electrons. The topological polar surface area (TPSA) is 70.6 Å². The maximum absolute atomic E-state index is 13.8. The van der Waals surface area contributed by atoms with Crippen molar-refractivity contribution in [2.45, 2.75) is 13.5 Å². The molecule has 0 aliphatic heterocycles. The van der Waals surface area contributed by atoms with Gasteiger partial charge in [-0.1, -0.05) is 35.5 Å². The van der Waals surface area contributed by atoms with Crippen molar-refractivity contribution in [3.63, 3.8) is 0 Å². The summed E-state index contributed by atoms with van der Waals surface area (Å²) in [6, 6.07) is 9.39. The minimum absolute atomic E-state index is 0.00489. The molecule has 0 aliphatic carbocycles. The highest BCUT2D eigenvalue weighted by molar-refractivity contribution is 5.96. The van der Waals surface area contributed by atoms with Gasteiger partial charge in [-0.05, 0) is 24.1 Å². The normalized spacial score (nSPS) is 11.5. The van der Waals surface area contributed by atoms with Crippen LogP contribution in [0.15, 0.2) is 41.6 Å². The van der Waals surface area contributed by atoms with Gasteiger partial charge < -0.3 is 16.3 Å². The summed E-state index contributed by atoms with van der Waals surface area (Å²) >= 11 is 0. The molecule has 0 bridgehead atoms. The number of nitrogens with two attached hydrogens (primary N) is 1. The standard InChI is InChI=1S/C15H15F2N3O/c1-9-2-7-12(16)14(13(9)17)19-8-10-3-5-11(6-4-10)15(18)20-21/h2-7,19,21H,8H2,1H3,(H2,18,20). The fourth-order valence-corrected chi connectivity index (χ4v) is 1.86. The minimum atomic E-state index is -0.633. The number of nitrogens with one attached hydrogen (secondary N) is 1. The highest BCUT2D eigenvalue weighted by Crippen LogP contribution is 2.22. The van der Waals surface area contributed by atoms with E-state index in [1.54, 1.807) is 31.2 Å². The molecule has 6 heteroatoms. The van der Waals surface area contributed by atoms with E-state index >= 15 is 0 Å². The summed E-state index contributed by atoms with van der Waals surface area (Å²) in [4.78, 5) is 0. The Morgan fingerprint density at radius 2 is 1.86 bits per heavy atom. The predicted octanol–water partition coefficient (Wildman–Crippen LogP) is 2.98. The Bertz CT molecular complexity index is 669. The molecule has 0 atom stereocenters. The Labute approximate surface area is 120 Å². The zero-order valence-electron chi connectivity index (χ0n) is 11.4. The summed E-state index contributed by atoms with van der Waals surface area (Å²) in [5, 5.41) is 14.2. The first-order valence-electron chi connectivity index (χ1n) is 6.28. The zero-order chi connectivity index (χ0) is 15.4. The van der Waals surface area contributed by atoms with Crippen LogP contribution in [0.2, 0.25) is 0 Å². The fraction of sp³-hybridized carbons (Fsp3) is 0.133. The van der Waals surface area contributed by atoms with Crippen molar-refractivity contribution in [1.82, 2.24) is 0 Å². The Morgan fingerprint density at radius 1 is 1.19 bits per heavy atom. The SMILES string of the molecule is Cc1ccc(F)c(NCc2ccc(/C(N)=N/O)cc2)c1F. The third kappa shape index (κ3) is 3.28. The molecule has 110 valence electrons. The van der Waals surface area contributed by atoms with Gasteiger partial charge >= 0.3 is 0 Å². The molecule has 0 unspecified atom stereocenters. The van der Waals surface area contributed by atoms with Crippen molar-refractivity contribution >= 4 is 11.5 Å². The van der Waals surface area contributed by atoms with Gasteiger partial charge in [0.15, 0.2) is 11.7 Å². The molecule has 0 fully saturated rings. The van der Waals surface area contributed by atoms with Crippen LogP contribution in [0.5, 0.6) is 0 Å². The summed E-state index contributed by atoms with van der Waals surface area (Å²) < 4.78 is 27.4. The molecule has 0 saturated carbocycles. The van der Waals surface area contributed by atoms with E-state index in [0.717, 1.165) is 5.56 Å². The molecule has 0 aliphatic rings. The van der Waals surface area contributed by atoms with E-state index in [0.29, 0.717) is 11.1 Å². The van der Waals surface area contributed by atoms with Crippen molar-refractivity contribution in [2.24, 2.45) is 10.9 Å². The Hall–Kier alpha value is -2.63. The average Bonchev–Trinajstić information content (AvgIpc) is 2.51. The van der Waals surface area contributed by atoms with Gasteiger partial charge in [0.2, 0.25) is 0 Å². The maximum atomic E-state index is 13.8. The van der Waals surface area contributed by atoms with Crippen molar-refractivity contribution < 1.29 is 14.0 Å². The van der Waals surface area contributed by atoms with E-state index < -0.39 is 11.6 Å². The van der Waals surface area contributed by atoms with Crippen LogP contribution in [0.4, 0.5) is 14.5 Å². The first kappa shape index (κ1) is 14.8. The first-order valence-corrected chi connectivity index (χ1v) is 6.28. The summed E-state index contributed by atoms with van der Waals surface area (Å²) in [7, 11) is 0. The molecule has 4 nitrogen and oxygen atoms in total. The number of rotatable bonds is 4. The molecule has 2 aromatic rings. The summed E-state index contributed by atoms with van der Waals surface area (Å²) in [5.74, 6) is -1.22. The Morgan fingerprint density at radius 3 is 2.48 bits per heavy atom. The molecule has 0 heterocycles. The fourth-order valence-electron chi connectivity index (χ4n) is 1.86. The number of hydrogen-bond acceptors (Lipinski definition) is 3. The van der Waals surface area contributed by atoms with E-state index in [9.17, 15) is 8.78 Å². The lowest BCUT2D eigenvalue weighted by molar-refractivity contribution is 0.318. The number of benzene rings is 2. The second-order valence-corrected chi connectivity index (χ2v) is 4.59. The third-order valence-corrected chi connectivity index (χ3v) is 3.11. The van der Waals surface area contributed by atoms with Gasteiger partial charge in [-0.2, -0.15) is 0 Å². The first-order chi connectivity index (χ1) is 10.0. The molecule has 2 rings (SSSR count). The van der Waals surface area contributed by atoms with Crippen LogP contribution in [-0.2, 0) is 6.54 Å². The van der Waals surface area contributed by atoms with Gasteiger partial charge in [0.1, 0.15) is 11.5 Å². The highest BCUT2D eigenvalue weighted by Gasteiger charge is 2.10. The number of anilines is 1. The van der Waals surface area contributed by atoms with E-state index in [4.69, 9.17) is 10.9 Å². The second kappa shape index (κ2) is 6.21. The van der Waals surface area contributed by atoms with Crippen molar-refractivity contribution in [2.75, 3.05) is 5.32 Å². The van der Waals surface area contributed by atoms with E-state index in [2.05, 4.69) is 10.5 Å². The van der Waals surface area contributed by atoms with Gasteiger partial charge in [0, 0.05) is 12.1 Å². The number of amidine groups is 1. The van der Waals surface area contributed by atoms with Gasteiger partial charge in [-0.25, -0.2) is 8.78 Å². The predicted molar refractivity (Wildman–Crippen MR) is 77.4 cm³/mol. The monoisotopic (exact) mass is 291 g/mol. The van der Waals surface area contributed by atoms with Gasteiger partial charge in [0.25, 0.3) is 0 Å². The van der Waals surface area contributed by atoms with E-state index in [-0.39, 0.29) is 18.1 Å². The number of aryl methyl sites for hydroxylation is 1. The van der Waals surface area contributed by atoms with Crippen LogP contribution in [0.1, 0.15) is 16.7 Å². The molecule has 0 saturated heterocycles. The maximum Gasteiger partial charge on any atom is 0.170 e. The number of oxime groups is 1. The zero-order valence-corrected chi connectivity index (χ0v) is 11.4. The van der Waals surface area contributed by atoms with E-state index in [1.165, 1.54) is 12.1 Å². The minimum Gasteiger partial charge on any atom is -0.409 e. The smallest absolute Gasteiger partial charge is 0.170 e. The lowest BCUT2D eigenvalue weighted by Gasteiger charge is -2.10. The quantitative estimate of drug-likeness (QED) is 0.351. The van der Waals surface area contributed by atoms with Crippen LogP contribution in [0.3, 0.4) is 0 Å². The molecule has 4 N–H and O–H groups in total. The Kier molecular flexibility index (Phi) is 4.37. The lowest BCUT2D eigenvalue weighted by Crippen LogP contribution is -2.13. The molecular formula is C15H15F2N3O. The molecular weight excluding hydrogens is 276 g/mol. The summed E-state index contributed by atoms with van der Waals surface area (Å²) in [6.07, 6.45) is 0. The summed E-state index contributed by atoms with van der Waals surface area (Å²) in [6.45, 7) is 1.83. The Balaban J connectivity index is 2.12. The number of halogens is 2. The largest absolute Gasteiger partial charge is 0.409 e. The van der Waals surface area contributed by atoms with Crippen LogP contribution >= 0.6 is 0 Å². The van der Waals surface area contributed by atoms with Gasteiger partial charge in [0.05, 0.1) is 0 Å². The third-order valence-electron chi connectivity index (χ3n) is 3.11. The van der Waals surface area contributed by atoms with Gasteiger partial charge in [-0.3, -0.25) is 0 Å². The van der Waals surface area contributed by atoms with Crippen LogP contribution < -0.4 is 11.1 Å². The lowest BCUT2D eigenvalue weighted by atomic mass is 10.1. The highest BCUT2D eigenvalue weighted by atomic mass is 19.1. The summed E-state index contributed by atoms with van der Waals surface area (Å²) in [5.41, 5.74) is 7.06. The molecule has 0 amide bonds. The van der Waals surface area contributed by atoms with Crippen molar-refractivity contribution in [3.8, 4) is 0 Å². The van der Waals surface area contributed by atoms with Crippen LogP contribution in [-0.4, -0.2) is 11.0 Å². The van der Waals surface area contributed by atoms with Crippen LogP contribution in [0, 0.1) is 18.6 Å². The molecule has 2 aromatic carbocycles. The number of hydrogen-bond donors (Lipinski definition) is 3. The second-order valence-electron chi connectivity index (χ2n) is 4.59. The number of nitrogens with zero attached hydrogens (tertiary/aromatic N) is 1. The van der Waals surface area contributed by atoms with Crippen molar-refractivity contribution in [1.29, 1.82) is 0 Å². The molecule has 0 aromatic heterocycles. The van der Waals surface area contributed by atoms with E-state index in [1.807, 2.05) is 0 Å². The molecule has 0 spiro atoms. The molecule has 21 heavy (non-hydrogen) atoms. The van der Waals surface area contributed by atoms with Crippen molar-refractivity contribution in [3.05, 3.63) is 64.7 Å². The average molecular weight is 291 g/mol.